The third-order valence-corrected chi connectivity index (χ3v) is 4.07. The predicted octanol–water partition coefficient (Wildman–Crippen LogP) is 2.38. The summed E-state index contributed by atoms with van der Waals surface area (Å²) in [6, 6.07) is 5.77. The second kappa shape index (κ2) is 5.44. The second-order valence-corrected chi connectivity index (χ2v) is 5.33. The largest absolute Gasteiger partial charge is 0.481 e. The third-order valence-electron chi connectivity index (χ3n) is 3.00. The van der Waals surface area contributed by atoms with Crippen molar-refractivity contribution in [2.24, 2.45) is 5.92 Å². The highest BCUT2D eigenvalue weighted by molar-refractivity contribution is 8.00. The van der Waals surface area contributed by atoms with E-state index in [2.05, 4.69) is 5.32 Å². The molecule has 5 heteroatoms. The van der Waals surface area contributed by atoms with Gasteiger partial charge >= 0.3 is 5.97 Å². The van der Waals surface area contributed by atoms with Gasteiger partial charge in [-0.05, 0) is 30.5 Å². The van der Waals surface area contributed by atoms with Gasteiger partial charge in [0.25, 0.3) is 0 Å². The molecule has 1 aliphatic rings. The van der Waals surface area contributed by atoms with E-state index in [0.29, 0.717) is 18.6 Å². The lowest BCUT2D eigenvalue weighted by Gasteiger charge is -2.18. The molecular formula is C13H15NO3S. The number of hydrogen-bond acceptors (Lipinski definition) is 3. The Kier molecular flexibility index (Phi) is 3.91. The molecule has 0 saturated heterocycles. The molecule has 1 heterocycles. The van der Waals surface area contributed by atoms with Crippen molar-refractivity contribution in [2.75, 3.05) is 11.1 Å². The third kappa shape index (κ3) is 2.85. The molecule has 1 aliphatic heterocycles. The molecule has 0 aliphatic carbocycles. The summed E-state index contributed by atoms with van der Waals surface area (Å²) >= 11 is 1.51. The van der Waals surface area contributed by atoms with Crippen LogP contribution in [0.2, 0.25) is 0 Å². The summed E-state index contributed by atoms with van der Waals surface area (Å²) in [6.07, 6.45) is 1.10. The first-order chi connectivity index (χ1) is 8.60. The number of benzene rings is 1. The van der Waals surface area contributed by atoms with Crippen LogP contribution in [0.3, 0.4) is 0 Å². The standard InChI is InChI=1S/C13H15NO3S/c1-2-9(13(16)17)5-8-3-4-11-10(6-8)14-12(15)7-18-11/h3-4,6,9H,2,5,7H2,1H3,(H,14,15)(H,16,17). The molecule has 1 aromatic rings. The smallest absolute Gasteiger partial charge is 0.306 e. The van der Waals surface area contributed by atoms with Gasteiger partial charge in [-0.15, -0.1) is 11.8 Å². The molecule has 18 heavy (non-hydrogen) atoms. The van der Waals surface area contributed by atoms with E-state index in [1.54, 1.807) is 0 Å². The van der Waals surface area contributed by atoms with Crippen molar-refractivity contribution in [3.63, 3.8) is 0 Å². The number of amides is 1. The van der Waals surface area contributed by atoms with Crippen LogP contribution < -0.4 is 5.32 Å². The van der Waals surface area contributed by atoms with Crippen molar-refractivity contribution in [1.82, 2.24) is 0 Å². The zero-order valence-corrected chi connectivity index (χ0v) is 10.9. The van der Waals surface area contributed by atoms with Crippen LogP contribution in [0.4, 0.5) is 5.69 Å². The van der Waals surface area contributed by atoms with E-state index >= 15 is 0 Å². The fourth-order valence-electron chi connectivity index (χ4n) is 1.95. The minimum Gasteiger partial charge on any atom is -0.481 e. The molecule has 1 aromatic carbocycles. The van der Waals surface area contributed by atoms with E-state index in [0.717, 1.165) is 16.1 Å². The van der Waals surface area contributed by atoms with Crippen LogP contribution in [0.5, 0.6) is 0 Å². The Hall–Kier alpha value is -1.49. The van der Waals surface area contributed by atoms with E-state index < -0.39 is 5.97 Å². The Balaban J connectivity index is 2.18. The number of carboxylic acid groups (broad SMARTS) is 1. The minimum atomic E-state index is -0.770. The first-order valence-electron chi connectivity index (χ1n) is 5.88. The van der Waals surface area contributed by atoms with Crippen molar-refractivity contribution >= 4 is 29.3 Å². The van der Waals surface area contributed by atoms with Gasteiger partial charge in [-0.25, -0.2) is 0 Å². The van der Waals surface area contributed by atoms with Crippen molar-refractivity contribution in [2.45, 2.75) is 24.7 Å². The van der Waals surface area contributed by atoms with Gasteiger partial charge in [0.2, 0.25) is 5.91 Å². The molecule has 2 N–H and O–H groups in total. The number of aliphatic carboxylic acids is 1. The van der Waals surface area contributed by atoms with Crippen molar-refractivity contribution < 1.29 is 14.7 Å². The molecule has 0 radical (unpaired) electrons. The molecule has 2 rings (SSSR count). The first kappa shape index (κ1) is 13.0. The molecule has 0 aromatic heterocycles. The van der Waals surface area contributed by atoms with Gasteiger partial charge in [-0.2, -0.15) is 0 Å². The molecule has 0 fully saturated rings. The van der Waals surface area contributed by atoms with E-state index in [1.807, 2.05) is 25.1 Å². The van der Waals surface area contributed by atoms with Crippen molar-refractivity contribution in [3.8, 4) is 0 Å². The number of hydrogen-bond donors (Lipinski definition) is 2. The lowest BCUT2D eigenvalue weighted by atomic mass is 9.97. The lowest BCUT2D eigenvalue weighted by molar-refractivity contribution is -0.141. The summed E-state index contributed by atoms with van der Waals surface area (Å²) in [5, 5.41) is 11.9. The molecule has 4 nitrogen and oxygen atoms in total. The van der Waals surface area contributed by atoms with Gasteiger partial charge < -0.3 is 10.4 Å². The zero-order valence-electron chi connectivity index (χ0n) is 10.1. The van der Waals surface area contributed by atoms with E-state index in [1.165, 1.54) is 11.8 Å². The number of carbonyl (C=O) groups excluding carboxylic acids is 1. The van der Waals surface area contributed by atoms with Gasteiger partial charge in [-0.1, -0.05) is 13.0 Å². The lowest BCUT2D eigenvalue weighted by Crippen LogP contribution is -2.19. The second-order valence-electron chi connectivity index (χ2n) is 4.31. The van der Waals surface area contributed by atoms with Gasteiger partial charge in [0, 0.05) is 4.90 Å². The van der Waals surface area contributed by atoms with Crippen LogP contribution in [-0.4, -0.2) is 22.7 Å². The topological polar surface area (TPSA) is 66.4 Å². The number of nitrogens with one attached hydrogen (secondary N) is 1. The van der Waals surface area contributed by atoms with Crippen molar-refractivity contribution in [3.05, 3.63) is 23.8 Å². The molecule has 96 valence electrons. The normalized spacial score (nSPS) is 15.7. The Morgan fingerprint density at radius 1 is 1.56 bits per heavy atom. The molecular weight excluding hydrogens is 250 g/mol. The molecule has 1 unspecified atom stereocenters. The number of anilines is 1. The van der Waals surface area contributed by atoms with Crippen LogP contribution in [0.15, 0.2) is 23.1 Å². The highest BCUT2D eigenvalue weighted by Crippen LogP contribution is 2.32. The maximum absolute atomic E-state index is 11.3. The van der Waals surface area contributed by atoms with E-state index in [9.17, 15) is 9.59 Å². The Bertz CT molecular complexity index is 487. The van der Waals surface area contributed by atoms with Gasteiger partial charge in [0.05, 0.1) is 17.4 Å². The van der Waals surface area contributed by atoms with E-state index in [-0.39, 0.29) is 11.8 Å². The summed E-state index contributed by atoms with van der Waals surface area (Å²) in [6.45, 7) is 1.87. The number of carbonyl (C=O) groups is 2. The zero-order chi connectivity index (χ0) is 13.1. The fraction of sp³-hybridized carbons (Fsp3) is 0.385. The predicted molar refractivity (Wildman–Crippen MR) is 70.9 cm³/mol. The highest BCUT2D eigenvalue weighted by atomic mass is 32.2. The summed E-state index contributed by atoms with van der Waals surface area (Å²) < 4.78 is 0. The number of thioether (sulfide) groups is 1. The van der Waals surface area contributed by atoms with Crippen LogP contribution in [0, 0.1) is 5.92 Å². The summed E-state index contributed by atoms with van der Waals surface area (Å²) in [5.41, 5.74) is 1.75. The Morgan fingerprint density at radius 2 is 2.33 bits per heavy atom. The summed E-state index contributed by atoms with van der Waals surface area (Å²) in [4.78, 5) is 23.3. The Labute approximate surface area is 110 Å². The SMILES string of the molecule is CCC(Cc1ccc2c(c1)NC(=O)CS2)C(=O)O. The van der Waals surface area contributed by atoms with Crippen LogP contribution >= 0.6 is 11.8 Å². The summed E-state index contributed by atoms with van der Waals surface area (Å²) in [7, 11) is 0. The van der Waals surface area contributed by atoms with Crippen LogP contribution in [0.1, 0.15) is 18.9 Å². The first-order valence-corrected chi connectivity index (χ1v) is 6.87. The van der Waals surface area contributed by atoms with Gasteiger partial charge in [-0.3, -0.25) is 9.59 Å². The average Bonchev–Trinajstić information content (AvgIpc) is 2.35. The molecule has 1 amide bonds. The number of fused-ring (bicyclic) bond motifs is 1. The maximum Gasteiger partial charge on any atom is 0.306 e. The Morgan fingerprint density at radius 3 is 3.00 bits per heavy atom. The molecule has 1 atom stereocenters. The molecule has 0 bridgehead atoms. The fourth-order valence-corrected chi connectivity index (χ4v) is 2.74. The van der Waals surface area contributed by atoms with Gasteiger partial charge in [0.15, 0.2) is 0 Å². The van der Waals surface area contributed by atoms with Crippen molar-refractivity contribution in [1.29, 1.82) is 0 Å². The average molecular weight is 265 g/mol. The van der Waals surface area contributed by atoms with Gasteiger partial charge in [0.1, 0.15) is 0 Å². The monoisotopic (exact) mass is 265 g/mol. The quantitative estimate of drug-likeness (QED) is 0.877. The van der Waals surface area contributed by atoms with E-state index in [4.69, 9.17) is 5.11 Å². The van der Waals surface area contributed by atoms with Crippen LogP contribution in [-0.2, 0) is 16.0 Å². The summed E-state index contributed by atoms with van der Waals surface area (Å²) in [5.74, 6) is -0.697. The molecule has 0 spiro atoms. The number of rotatable bonds is 4. The highest BCUT2D eigenvalue weighted by Gasteiger charge is 2.19. The maximum atomic E-state index is 11.3. The minimum absolute atomic E-state index is 0.00470. The molecule has 0 saturated carbocycles. The number of carboxylic acids is 1. The van der Waals surface area contributed by atoms with Crippen LogP contribution in [0.25, 0.3) is 0 Å².